The van der Waals surface area contributed by atoms with Gasteiger partial charge in [0.1, 0.15) is 5.75 Å². The Kier molecular flexibility index (Phi) is 4.91. The molecule has 2 heteroatoms. The number of ether oxygens (including phenoxy) is 1. The number of rotatable bonds is 7. The summed E-state index contributed by atoms with van der Waals surface area (Å²) < 4.78 is 5.32. The minimum absolute atomic E-state index is 0.678. The number of unbranched alkanes of at least 4 members (excludes halogenated alkanes) is 4. The molecule has 1 heterocycles. The average Bonchev–Trinajstić information content (AvgIpc) is 2.81. The number of methoxy groups -OCH3 is 1. The minimum Gasteiger partial charge on any atom is -0.497 e. The lowest BCUT2D eigenvalue weighted by Crippen LogP contribution is -2.01. The van der Waals surface area contributed by atoms with Crippen molar-refractivity contribution in [1.82, 2.24) is 0 Å². The molecule has 1 aliphatic rings. The third-order valence-corrected chi connectivity index (χ3v) is 3.89. The van der Waals surface area contributed by atoms with Gasteiger partial charge in [0, 0.05) is 18.2 Å². The third-order valence-electron chi connectivity index (χ3n) is 3.89. The van der Waals surface area contributed by atoms with E-state index in [1.54, 1.807) is 7.11 Å². The Morgan fingerprint density at radius 1 is 1.22 bits per heavy atom. The van der Waals surface area contributed by atoms with Gasteiger partial charge < -0.3 is 10.1 Å². The molecule has 100 valence electrons. The summed E-state index contributed by atoms with van der Waals surface area (Å²) in [5.41, 5.74) is 2.75. The predicted octanol–water partition coefficient (Wildman–Crippen LogP) is 4.56. The summed E-state index contributed by atoms with van der Waals surface area (Å²) >= 11 is 0. The van der Waals surface area contributed by atoms with Crippen LogP contribution in [0, 0.1) is 0 Å². The molecule has 0 saturated heterocycles. The fraction of sp³-hybridized carbons (Fsp3) is 0.625. The maximum atomic E-state index is 5.32. The molecular formula is C16H25NO. The fourth-order valence-corrected chi connectivity index (χ4v) is 2.76. The SMILES string of the molecule is CCCCCCCC1CNc2ccc(OC)cc21. The number of anilines is 1. The van der Waals surface area contributed by atoms with Gasteiger partial charge in [-0.2, -0.15) is 0 Å². The van der Waals surface area contributed by atoms with E-state index in [1.165, 1.54) is 49.8 Å². The van der Waals surface area contributed by atoms with Crippen molar-refractivity contribution >= 4 is 5.69 Å². The Balaban J connectivity index is 1.86. The summed E-state index contributed by atoms with van der Waals surface area (Å²) in [5.74, 6) is 1.66. The van der Waals surface area contributed by atoms with Crippen LogP contribution in [0.2, 0.25) is 0 Å². The summed E-state index contributed by atoms with van der Waals surface area (Å²) in [6.45, 7) is 3.36. The molecule has 1 N–H and O–H groups in total. The van der Waals surface area contributed by atoms with Gasteiger partial charge in [0.2, 0.25) is 0 Å². The van der Waals surface area contributed by atoms with Crippen LogP contribution in [-0.2, 0) is 0 Å². The van der Waals surface area contributed by atoms with Crippen molar-refractivity contribution in [2.75, 3.05) is 19.0 Å². The van der Waals surface area contributed by atoms with E-state index in [1.807, 2.05) is 6.07 Å². The minimum atomic E-state index is 0.678. The Morgan fingerprint density at radius 2 is 2.06 bits per heavy atom. The molecule has 1 unspecified atom stereocenters. The van der Waals surface area contributed by atoms with Crippen molar-refractivity contribution in [3.63, 3.8) is 0 Å². The summed E-state index contributed by atoms with van der Waals surface area (Å²) in [5, 5.41) is 3.50. The molecule has 1 aromatic carbocycles. The van der Waals surface area contributed by atoms with E-state index in [0.717, 1.165) is 12.3 Å². The summed E-state index contributed by atoms with van der Waals surface area (Å²) in [6, 6.07) is 6.38. The molecule has 0 spiro atoms. The smallest absolute Gasteiger partial charge is 0.119 e. The van der Waals surface area contributed by atoms with E-state index in [4.69, 9.17) is 4.74 Å². The molecule has 0 bridgehead atoms. The van der Waals surface area contributed by atoms with Crippen molar-refractivity contribution < 1.29 is 4.74 Å². The van der Waals surface area contributed by atoms with Crippen LogP contribution in [0.3, 0.4) is 0 Å². The lowest BCUT2D eigenvalue weighted by Gasteiger charge is -2.11. The molecule has 2 rings (SSSR count). The lowest BCUT2D eigenvalue weighted by atomic mass is 9.94. The molecule has 2 nitrogen and oxygen atoms in total. The Labute approximate surface area is 111 Å². The van der Waals surface area contributed by atoms with Crippen molar-refractivity contribution in [1.29, 1.82) is 0 Å². The van der Waals surface area contributed by atoms with Crippen LogP contribution in [0.1, 0.15) is 56.9 Å². The highest BCUT2D eigenvalue weighted by atomic mass is 16.5. The van der Waals surface area contributed by atoms with Crippen molar-refractivity contribution in [2.45, 2.75) is 51.4 Å². The van der Waals surface area contributed by atoms with Gasteiger partial charge >= 0.3 is 0 Å². The molecule has 0 fully saturated rings. The van der Waals surface area contributed by atoms with E-state index in [2.05, 4.69) is 24.4 Å². The van der Waals surface area contributed by atoms with Gasteiger partial charge in [-0.05, 0) is 30.2 Å². The highest BCUT2D eigenvalue weighted by Gasteiger charge is 2.21. The van der Waals surface area contributed by atoms with E-state index in [9.17, 15) is 0 Å². The van der Waals surface area contributed by atoms with Crippen molar-refractivity contribution in [3.05, 3.63) is 23.8 Å². The second-order valence-electron chi connectivity index (χ2n) is 5.23. The number of benzene rings is 1. The predicted molar refractivity (Wildman–Crippen MR) is 77.6 cm³/mol. The molecular weight excluding hydrogens is 222 g/mol. The number of fused-ring (bicyclic) bond motifs is 1. The average molecular weight is 247 g/mol. The zero-order chi connectivity index (χ0) is 12.8. The zero-order valence-electron chi connectivity index (χ0n) is 11.7. The third kappa shape index (κ3) is 3.18. The standard InChI is InChI=1S/C16H25NO/c1-3-4-5-6-7-8-13-12-17-16-10-9-14(18-2)11-15(13)16/h9-11,13,17H,3-8,12H2,1-2H3. The molecule has 0 saturated carbocycles. The van der Waals surface area contributed by atoms with Crippen LogP contribution in [0.4, 0.5) is 5.69 Å². The van der Waals surface area contributed by atoms with Gasteiger partial charge in [-0.3, -0.25) is 0 Å². The maximum absolute atomic E-state index is 5.32. The van der Waals surface area contributed by atoms with Gasteiger partial charge in [-0.1, -0.05) is 39.0 Å². The highest BCUT2D eigenvalue weighted by molar-refractivity contribution is 5.60. The molecule has 1 aromatic rings. The Bertz CT molecular complexity index is 375. The van der Waals surface area contributed by atoms with Gasteiger partial charge in [0.05, 0.1) is 7.11 Å². The quantitative estimate of drug-likeness (QED) is 0.713. The van der Waals surface area contributed by atoms with E-state index >= 15 is 0 Å². The normalized spacial score (nSPS) is 17.3. The summed E-state index contributed by atoms with van der Waals surface area (Å²) in [4.78, 5) is 0. The van der Waals surface area contributed by atoms with Gasteiger partial charge in [-0.15, -0.1) is 0 Å². The molecule has 1 atom stereocenters. The molecule has 0 aromatic heterocycles. The molecule has 0 aliphatic carbocycles. The second-order valence-corrected chi connectivity index (χ2v) is 5.23. The largest absolute Gasteiger partial charge is 0.497 e. The number of hydrogen-bond donors (Lipinski definition) is 1. The summed E-state index contributed by atoms with van der Waals surface area (Å²) in [6.07, 6.45) is 8.13. The van der Waals surface area contributed by atoms with Gasteiger partial charge in [0.15, 0.2) is 0 Å². The van der Waals surface area contributed by atoms with Crippen LogP contribution in [-0.4, -0.2) is 13.7 Å². The first-order valence-corrected chi connectivity index (χ1v) is 7.27. The van der Waals surface area contributed by atoms with Crippen molar-refractivity contribution in [3.8, 4) is 5.75 Å². The van der Waals surface area contributed by atoms with Gasteiger partial charge in [0.25, 0.3) is 0 Å². The first-order chi connectivity index (χ1) is 8.85. The van der Waals surface area contributed by atoms with E-state index in [-0.39, 0.29) is 0 Å². The maximum Gasteiger partial charge on any atom is 0.119 e. The van der Waals surface area contributed by atoms with E-state index < -0.39 is 0 Å². The first kappa shape index (κ1) is 13.3. The van der Waals surface area contributed by atoms with Crippen LogP contribution >= 0.6 is 0 Å². The van der Waals surface area contributed by atoms with Crippen molar-refractivity contribution in [2.24, 2.45) is 0 Å². The van der Waals surface area contributed by atoms with Gasteiger partial charge in [-0.25, -0.2) is 0 Å². The van der Waals surface area contributed by atoms with Crippen LogP contribution in [0.15, 0.2) is 18.2 Å². The topological polar surface area (TPSA) is 21.3 Å². The molecule has 18 heavy (non-hydrogen) atoms. The van der Waals surface area contributed by atoms with Crippen LogP contribution in [0.5, 0.6) is 5.75 Å². The highest BCUT2D eigenvalue weighted by Crippen LogP contribution is 2.37. The van der Waals surface area contributed by atoms with Crippen LogP contribution < -0.4 is 10.1 Å². The summed E-state index contributed by atoms with van der Waals surface area (Å²) in [7, 11) is 1.74. The van der Waals surface area contributed by atoms with Crippen LogP contribution in [0.25, 0.3) is 0 Å². The molecule has 0 amide bonds. The second kappa shape index (κ2) is 6.67. The number of nitrogens with one attached hydrogen (secondary N) is 1. The first-order valence-electron chi connectivity index (χ1n) is 7.27. The Morgan fingerprint density at radius 3 is 2.83 bits per heavy atom. The number of hydrogen-bond acceptors (Lipinski definition) is 2. The lowest BCUT2D eigenvalue weighted by molar-refractivity contribution is 0.414. The fourth-order valence-electron chi connectivity index (χ4n) is 2.76. The molecule has 1 aliphatic heterocycles. The Hall–Kier alpha value is -1.18. The van der Waals surface area contributed by atoms with E-state index in [0.29, 0.717) is 5.92 Å². The molecule has 0 radical (unpaired) electrons. The zero-order valence-corrected chi connectivity index (χ0v) is 11.7. The monoisotopic (exact) mass is 247 g/mol.